The Bertz CT molecular complexity index is 975. The van der Waals surface area contributed by atoms with E-state index in [1.165, 1.54) is 21.9 Å². The minimum absolute atomic E-state index is 0.0531. The number of rotatable bonds is 1. The first-order valence-electron chi connectivity index (χ1n) is 9.67. The van der Waals surface area contributed by atoms with E-state index in [4.69, 9.17) is 0 Å². The number of nitrogens with zero attached hydrogens (tertiary/aromatic N) is 4. The second kappa shape index (κ2) is 7.95. The van der Waals surface area contributed by atoms with Crippen molar-refractivity contribution >= 4 is 17.5 Å². The zero-order valence-electron chi connectivity index (χ0n) is 16.2. The van der Waals surface area contributed by atoms with E-state index in [0.29, 0.717) is 38.1 Å². The van der Waals surface area contributed by atoms with Crippen molar-refractivity contribution in [1.29, 1.82) is 0 Å². The van der Waals surface area contributed by atoms with Crippen LogP contribution in [0.4, 0.5) is 38.3 Å². The average molecular weight is 442 g/mol. The lowest BCUT2D eigenvalue weighted by Gasteiger charge is -2.40. The van der Waals surface area contributed by atoms with E-state index in [9.17, 15) is 31.9 Å². The maximum atomic E-state index is 14.6. The maximum absolute atomic E-state index is 14.6. The van der Waals surface area contributed by atoms with Gasteiger partial charge in [0.05, 0.1) is 23.6 Å². The number of urea groups is 1. The number of alkyl halides is 3. The molecule has 6 nitrogen and oxygen atoms in total. The lowest BCUT2D eigenvalue weighted by molar-refractivity contribution is -0.140. The van der Waals surface area contributed by atoms with Gasteiger partial charge in [-0.3, -0.25) is 4.90 Å². The van der Waals surface area contributed by atoms with Crippen LogP contribution in [0.15, 0.2) is 30.5 Å². The topological polar surface area (TPSA) is 59.9 Å². The number of amides is 2. The van der Waals surface area contributed by atoms with Crippen LogP contribution in [0, 0.1) is 11.6 Å². The predicted octanol–water partition coefficient (Wildman–Crippen LogP) is 3.56. The van der Waals surface area contributed by atoms with Crippen LogP contribution < -0.4 is 9.80 Å². The van der Waals surface area contributed by atoms with Crippen LogP contribution in [0.1, 0.15) is 23.7 Å². The Hall–Kier alpha value is -2.95. The number of piperazine rings is 1. The van der Waals surface area contributed by atoms with Gasteiger partial charge in [-0.1, -0.05) is 0 Å². The molecule has 166 valence electrons. The Labute approximate surface area is 174 Å². The maximum Gasteiger partial charge on any atom is 0.419 e. The molecular formula is C20H19F5N4O2. The third-order valence-corrected chi connectivity index (χ3v) is 5.53. The van der Waals surface area contributed by atoms with Crippen molar-refractivity contribution in [2.45, 2.75) is 18.7 Å². The van der Waals surface area contributed by atoms with E-state index < -0.39 is 41.1 Å². The van der Waals surface area contributed by atoms with E-state index in [2.05, 4.69) is 4.98 Å². The zero-order chi connectivity index (χ0) is 22.3. The standard InChI is InChI=1S/C20H19F5N4O2/c21-12-1-4-16(26-11-12)27-7-9-28(10-8-27)19(31)29-6-5-15(30)17-14(29)3-2-13(18(17)22)20(23,24)25/h1-4,11,15,30H,5-10H2. The molecule has 2 amide bonds. The van der Waals surface area contributed by atoms with Gasteiger partial charge in [0.2, 0.25) is 0 Å². The Morgan fingerprint density at radius 3 is 2.35 bits per heavy atom. The number of hydrogen-bond acceptors (Lipinski definition) is 4. The van der Waals surface area contributed by atoms with Gasteiger partial charge in [0.25, 0.3) is 0 Å². The smallest absolute Gasteiger partial charge is 0.388 e. The lowest BCUT2D eigenvalue weighted by atomic mass is 9.95. The van der Waals surface area contributed by atoms with E-state index in [-0.39, 0.29) is 18.7 Å². The highest BCUT2D eigenvalue weighted by atomic mass is 19.4. The van der Waals surface area contributed by atoms with Gasteiger partial charge in [0, 0.05) is 38.3 Å². The van der Waals surface area contributed by atoms with Gasteiger partial charge in [0.15, 0.2) is 0 Å². The summed E-state index contributed by atoms with van der Waals surface area (Å²) < 4.78 is 66.8. The Morgan fingerprint density at radius 2 is 1.74 bits per heavy atom. The van der Waals surface area contributed by atoms with E-state index in [1.807, 2.05) is 4.90 Å². The van der Waals surface area contributed by atoms with Gasteiger partial charge in [-0.15, -0.1) is 0 Å². The van der Waals surface area contributed by atoms with Crippen LogP contribution in [-0.2, 0) is 6.18 Å². The van der Waals surface area contributed by atoms with Crippen molar-refractivity contribution in [2.75, 3.05) is 42.5 Å². The largest absolute Gasteiger partial charge is 0.419 e. The van der Waals surface area contributed by atoms with Gasteiger partial charge in [-0.05, 0) is 30.7 Å². The molecule has 2 aliphatic rings. The molecule has 0 saturated carbocycles. The van der Waals surface area contributed by atoms with Crippen molar-refractivity contribution in [3.05, 3.63) is 53.2 Å². The van der Waals surface area contributed by atoms with Crippen LogP contribution in [-0.4, -0.2) is 53.7 Å². The third kappa shape index (κ3) is 4.01. The SMILES string of the molecule is O=C(N1CCN(c2ccc(F)cn2)CC1)N1CCC(O)c2c1ccc(C(F)(F)F)c2F. The first kappa shape index (κ1) is 21.3. The number of halogens is 5. The van der Waals surface area contributed by atoms with E-state index in [1.54, 1.807) is 0 Å². The first-order valence-corrected chi connectivity index (χ1v) is 9.67. The minimum Gasteiger partial charge on any atom is -0.388 e. The zero-order valence-corrected chi connectivity index (χ0v) is 16.2. The number of pyridine rings is 1. The fourth-order valence-corrected chi connectivity index (χ4v) is 3.92. The van der Waals surface area contributed by atoms with Crippen molar-refractivity contribution < 1.29 is 31.9 Å². The molecule has 11 heteroatoms. The summed E-state index contributed by atoms with van der Waals surface area (Å²) in [4.78, 5) is 21.7. The van der Waals surface area contributed by atoms with Gasteiger partial charge in [-0.2, -0.15) is 13.2 Å². The van der Waals surface area contributed by atoms with Gasteiger partial charge < -0.3 is 14.9 Å². The predicted molar refractivity (Wildman–Crippen MR) is 102 cm³/mol. The van der Waals surface area contributed by atoms with E-state index in [0.717, 1.165) is 12.3 Å². The molecule has 0 spiro atoms. The molecule has 2 aliphatic heterocycles. The fourth-order valence-electron chi connectivity index (χ4n) is 3.92. The number of hydrogen-bond donors (Lipinski definition) is 1. The summed E-state index contributed by atoms with van der Waals surface area (Å²) >= 11 is 0. The average Bonchev–Trinajstić information content (AvgIpc) is 2.73. The summed E-state index contributed by atoms with van der Waals surface area (Å²) in [6.07, 6.45) is -5.30. The van der Waals surface area contributed by atoms with Crippen LogP contribution in [0.25, 0.3) is 0 Å². The normalized spacial score (nSPS) is 19.4. The van der Waals surface area contributed by atoms with Gasteiger partial charge >= 0.3 is 12.2 Å². The summed E-state index contributed by atoms with van der Waals surface area (Å²) in [6.45, 7) is 1.51. The minimum atomic E-state index is -4.91. The summed E-state index contributed by atoms with van der Waals surface area (Å²) in [5, 5.41) is 10.1. The summed E-state index contributed by atoms with van der Waals surface area (Å²) in [6, 6.07) is 3.97. The molecule has 4 rings (SSSR count). The Balaban J connectivity index is 1.52. The third-order valence-electron chi connectivity index (χ3n) is 5.53. The van der Waals surface area contributed by atoms with Crippen molar-refractivity contribution in [3.63, 3.8) is 0 Å². The molecule has 0 aliphatic carbocycles. The molecule has 3 heterocycles. The summed E-state index contributed by atoms with van der Waals surface area (Å²) in [7, 11) is 0. The number of benzene rings is 1. The van der Waals surface area contributed by atoms with Crippen LogP contribution in [0.5, 0.6) is 0 Å². The monoisotopic (exact) mass is 442 g/mol. The van der Waals surface area contributed by atoms with Gasteiger partial charge in [0.1, 0.15) is 17.5 Å². The molecule has 1 fully saturated rings. The van der Waals surface area contributed by atoms with Crippen molar-refractivity contribution in [1.82, 2.24) is 9.88 Å². The van der Waals surface area contributed by atoms with Crippen LogP contribution >= 0.6 is 0 Å². The molecule has 0 radical (unpaired) electrons. The second-order valence-electron chi connectivity index (χ2n) is 7.41. The fraction of sp³-hybridized carbons (Fsp3) is 0.400. The lowest BCUT2D eigenvalue weighted by Crippen LogP contribution is -2.54. The highest BCUT2D eigenvalue weighted by Crippen LogP contribution is 2.41. The Morgan fingerprint density at radius 1 is 1.03 bits per heavy atom. The molecule has 1 aromatic heterocycles. The number of aliphatic hydroxyl groups is 1. The Kier molecular flexibility index (Phi) is 5.46. The molecule has 0 bridgehead atoms. The molecule has 1 atom stereocenters. The number of anilines is 2. The first-order chi connectivity index (χ1) is 14.7. The molecule has 2 aromatic rings. The number of fused-ring (bicyclic) bond motifs is 1. The summed E-state index contributed by atoms with van der Waals surface area (Å²) in [5.74, 6) is -1.44. The van der Waals surface area contributed by atoms with Crippen LogP contribution in [0.3, 0.4) is 0 Å². The van der Waals surface area contributed by atoms with Crippen molar-refractivity contribution in [3.8, 4) is 0 Å². The molecule has 1 N–H and O–H groups in total. The number of aromatic nitrogens is 1. The molecule has 1 saturated heterocycles. The summed E-state index contributed by atoms with van der Waals surface area (Å²) in [5.41, 5.74) is -2.04. The number of carbonyl (C=O) groups is 1. The van der Waals surface area contributed by atoms with Crippen LogP contribution in [0.2, 0.25) is 0 Å². The van der Waals surface area contributed by atoms with Crippen molar-refractivity contribution in [2.24, 2.45) is 0 Å². The quantitative estimate of drug-likeness (QED) is 0.687. The highest BCUT2D eigenvalue weighted by molar-refractivity contribution is 5.93. The molecule has 1 aromatic carbocycles. The number of carbonyl (C=O) groups excluding carboxylic acids is 1. The number of aliphatic hydroxyl groups excluding tert-OH is 1. The molecule has 31 heavy (non-hydrogen) atoms. The highest BCUT2D eigenvalue weighted by Gasteiger charge is 2.40. The van der Waals surface area contributed by atoms with E-state index >= 15 is 0 Å². The second-order valence-corrected chi connectivity index (χ2v) is 7.41. The molecular weight excluding hydrogens is 423 g/mol. The van der Waals surface area contributed by atoms with Gasteiger partial charge in [-0.25, -0.2) is 18.6 Å². The molecule has 1 unspecified atom stereocenters.